The van der Waals surface area contributed by atoms with E-state index in [0.29, 0.717) is 77.0 Å². The van der Waals surface area contributed by atoms with E-state index < -0.39 is 98.9 Å². The van der Waals surface area contributed by atoms with Gasteiger partial charge >= 0.3 is 0 Å². The maximum Gasteiger partial charge on any atom is 0.190 e. The molecule has 83 heavy (non-hydrogen) atoms. The molecule has 0 aromatic carbocycles. The van der Waals surface area contributed by atoms with Gasteiger partial charge in [0.2, 0.25) is 0 Å². The lowest BCUT2D eigenvalue weighted by atomic mass is 9.44. The third-order valence-corrected chi connectivity index (χ3v) is 26.9. The molecule has 0 bridgehead atoms. The Labute approximate surface area is 492 Å². The molecule has 9 saturated carbocycles. The van der Waals surface area contributed by atoms with Crippen LogP contribution in [0.15, 0.2) is 34.9 Å². The number of hydrogen-bond donors (Lipinski definition) is 6. The molecular weight excluding hydrogens is 1090 g/mol. The molecule has 1 saturated heterocycles. The fourth-order valence-electron chi connectivity index (χ4n) is 22.5. The average Bonchev–Trinajstić information content (AvgIpc) is 3.80. The number of allylic oxidation sites excluding steroid dienone is 3. The monoisotopic (exact) mass is 1180 g/mol. The SMILES string of the molecule is CC1(C)O[C@@H]2C[C@H]3[C@@H]4CCC5=CC(=O)CC[C@]5(C)[C@@]4(F)[C@@H](O)C[C@]3(C)[C@]2(C(=O)CCl)O1.C[C@]12CCC(=O)C=C1CC[C@@H]1[C@@H]2C(=O)C[C@@]2(C)[C@H]1CC[C@]2(O)C(=O)CO.C[C@]12CCC(=O)C=C1CC[C@@H]1[C@@H]2[C@@H](O)C[C@@]2(C)[C@H]1CC[C@]2(O)C(=O)CO. The summed E-state index contributed by atoms with van der Waals surface area (Å²) in [4.78, 5) is 87.1. The quantitative estimate of drug-likeness (QED) is 0.140. The average molecular weight is 1180 g/mol. The molecule has 15 nitrogen and oxygen atoms in total. The Morgan fingerprint density at radius 1 is 0.602 bits per heavy atom. The molecule has 0 amide bonds. The van der Waals surface area contributed by atoms with Crippen molar-refractivity contribution in [1.82, 2.24) is 0 Å². The minimum atomic E-state index is -1.86. The number of ether oxygens (including phenoxy) is 2. The van der Waals surface area contributed by atoms with Crippen LogP contribution < -0.4 is 0 Å². The summed E-state index contributed by atoms with van der Waals surface area (Å²) >= 11 is 6.05. The van der Waals surface area contributed by atoms with Crippen molar-refractivity contribution >= 4 is 52.1 Å². The standard InChI is InChI=1S/C24H32ClFO5.C21H30O5.C21H28O5/c1-20(2)30-19-10-16-15-6-5-13-9-14(27)7-8-21(13,3)23(15,26)17(28)11-22(16,4)24(19,31-20)18(29)12-25;2*1-19-7-5-13(23)9-12(19)3-4-14-15-6-8-21(26,17(25)11-22)20(15,2)10-16(24)18(14)19/h9,15-17,19,28H,5-8,10-12H2,1-4H3;9,14-16,18,22,24,26H,3-8,10-11H2,1-2H3;9,14-15,18,22,26H,3-8,10-11H2,1-2H3/t15-,16-,17-,19+,21-,22-,23-,24+;14-,15-,16-,18+,19-,20-,21-;14-,15-,18+,19-,20-,21-/m000/s1. The highest BCUT2D eigenvalue weighted by molar-refractivity contribution is 6.29. The van der Waals surface area contributed by atoms with E-state index in [1.807, 2.05) is 27.7 Å². The number of rotatable bonds is 6. The number of Topliss-reactive ketones (excluding diaryl/α,β-unsaturated/α-hetero) is 4. The smallest absolute Gasteiger partial charge is 0.190 e. The summed E-state index contributed by atoms with van der Waals surface area (Å²) < 4.78 is 29.7. The number of aliphatic hydroxyl groups is 6. The zero-order valence-electron chi connectivity index (χ0n) is 50.0. The number of carbonyl (C=O) groups is 7. The maximum absolute atomic E-state index is 17.2. The normalized spacial score (nSPS) is 50.4. The Morgan fingerprint density at radius 3 is 1.71 bits per heavy atom. The van der Waals surface area contributed by atoms with Crippen molar-refractivity contribution in [3.8, 4) is 0 Å². The van der Waals surface area contributed by atoms with Crippen LogP contribution in [0.5, 0.6) is 0 Å². The molecule has 10 fully saturated rings. The van der Waals surface area contributed by atoms with Crippen molar-refractivity contribution in [2.45, 2.75) is 230 Å². The van der Waals surface area contributed by atoms with Crippen molar-refractivity contribution in [2.75, 3.05) is 19.1 Å². The van der Waals surface area contributed by atoms with Crippen LogP contribution in [-0.2, 0) is 43.0 Å². The summed E-state index contributed by atoms with van der Waals surface area (Å²) in [6.45, 7) is 14.1. The highest BCUT2D eigenvalue weighted by Gasteiger charge is 2.80. The van der Waals surface area contributed by atoms with Gasteiger partial charge in [-0.1, -0.05) is 58.3 Å². The molecule has 1 heterocycles. The van der Waals surface area contributed by atoms with Gasteiger partial charge in [0.25, 0.3) is 0 Å². The van der Waals surface area contributed by atoms with E-state index in [1.54, 1.807) is 32.1 Å². The second kappa shape index (κ2) is 20.2. The highest BCUT2D eigenvalue weighted by Crippen LogP contribution is 2.74. The molecule has 0 radical (unpaired) electrons. The maximum atomic E-state index is 17.2. The summed E-state index contributed by atoms with van der Waals surface area (Å²) in [5, 5.41) is 63.6. The summed E-state index contributed by atoms with van der Waals surface area (Å²) in [6.07, 6.45) is 13.8. The molecule has 12 aliphatic carbocycles. The second-order valence-corrected chi connectivity index (χ2v) is 30.5. The van der Waals surface area contributed by atoms with Crippen LogP contribution in [0, 0.1) is 79.8 Å². The molecule has 0 unspecified atom stereocenters. The summed E-state index contributed by atoms with van der Waals surface area (Å²) in [6, 6.07) is 0. The first-order valence-corrected chi connectivity index (χ1v) is 31.7. The van der Waals surface area contributed by atoms with Gasteiger partial charge in [0.05, 0.1) is 24.2 Å². The van der Waals surface area contributed by atoms with Crippen molar-refractivity contribution < 1.29 is 78.1 Å². The van der Waals surface area contributed by atoms with Crippen LogP contribution in [0.3, 0.4) is 0 Å². The van der Waals surface area contributed by atoms with Crippen molar-refractivity contribution in [3.63, 3.8) is 0 Å². The third kappa shape index (κ3) is 8.22. The first-order chi connectivity index (χ1) is 38.7. The van der Waals surface area contributed by atoms with Gasteiger partial charge < -0.3 is 40.1 Å². The van der Waals surface area contributed by atoms with Crippen molar-refractivity contribution in [3.05, 3.63) is 34.9 Å². The van der Waals surface area contributed by atoms with Crippen molar-refractivity contribution in [2.24, 2.45) is 79.8 Å². The van der Waals surface area contributed by atoms with Gasteiger partial charge in [0.1, 0.15) is 35.9 Å². The topological polar surface area (TPSA) is 259 Å². The van der Waals surface area contributed by atoms with Gasteiger partial charge in [-0.05, 0) is 181 Å². The molecule has 21 atom stereocenters. The first-order valence-electron chi connectivity index (χ1n) is 31.2. The van der Waals surface area contributed by atoms with E-state index in [4.69, 9.17) is 21.1 Å². The summed E-state index contributed by atoms with van der Waals surface area (Å²) in [5.41, 5.74) is -6.78. The number of alkyl halides is 2. The zero-order valence-corrected chi connectivity index (χ0v) is 50.7. The molecule has 6 N–H and O–H groups in total. The predicted octanol–water partition coefficient (Wildman–Crippen LogP) is 7.66. The Kier molecular flexibility index (Phi) is 14.9. The van der Waals surface area contributed by atoms with Gasteiger partial charge in [-0.3, -0.25) is 33.6 Å². The highest BCUT2D eigenvalue weighted by atomic mass is 35.5. The van der Waals surface area contributed by atoms with E-state index in [0.717, 1.165) is 49.7 Å². The van der Waals surface area contributed by atoms with Crippen molar-refractivity contribution in [1.29, 1.82) is 0 Å². The van der Waals surface area contributed by atoms with Crippen LogP contribution in [0.25, 0.3) is 0 Å². The Balaban J connectivity index is 0.000000131. The molecule has 1 aliphatic heterocycles. The number of fused-ring (bicyclic) bond motifs is 17. The predicted molar refractivity (Wildman–Crippen MR) is 302 cm³/mol. The Morgan fingerprint density at radius 2 is 1.12 bits per heavy atom. The van der Waals surface area contributed by atoms with Crippen LogP contribution in [-0.4, -0.2) is 137 Å². The summed E-state index contributed by atoms with van der Waals surface area (Å²) in [5.74, 6) is -2.05. The van der Waals surface area contributed by atoms with E-state index in [1.165, 1.54) is 5.57 Å². The number of ketones is 7. The number of hydrogen-bond acceptors (Lipinski definition) is 15. The van der Waals surface area contributed by atoms with E-state index >= 15 is 4.39 Å². The van der Waals surface area contributed by atoms with Gasteiger partial charge in [-0.15, -0.1) is 11.6 Å². The van der Waals surface area contributed by atoms with Gasteiger partial charge in [-0.2, -0.15) is 0 Å². The second-order valence-electron chi connectivity index (χ2n) is 30.2. The largest absolute Gasteiger partial charge is 0.393 e. The van der Waals surface area contributed by atoms with Crippen LogP contribution in [0.2, 0.25) is 0 Å². The minimum absolute atomic E-state index is 0.0377. The molecular formula is C66H90ClFO15. The number of carbonyl (C=O) groups excluding carboxylic acids is 7. The van der Waals surface area contributed by atoms with Crippen LogP contribution >= 0.6 is 11.6 Å². The van der Waals surface area contributed by atoms with E-state index in [9.17, 15) is 64.2 Å². The van der Waals surface area contributed by atoms with Crippen LogP contribution in [0.4, 0.5) is 4.39 Å². The lowest BCUT2D eigenvalue weighted by molar-refractivity contribution is -0.250. The minimum Gasteiger partial charge on any atom is -0.393 e. The van der Waals surface area contributed by atoms with E-state index in [2.05, 4.69) is 13.8 Å². The molecule has 0 aromatic heterocycles. The van der Waals surface area contributed by atoms with Gasteiger partial charge in [0.15, 0.2) is 46.1 Å². The fraction of sp³-hybridized carbons (Fsp3) is 0.803. The lowest BCUT2D eigenvalue weighted by Crippen LogP contribution is -2.70. The Hall–Kier alpha value is -3.19. The zero-order chi connectivity index (χ0) is 60.4. The number of aliphatic hydroxyl groups excluding tert-OH is 4. The molecule has 13 rings (SSSR count). The number of halogens is 2. The lowest BCUT2D eigenvalue weighted by Gasteiger charge is -2.63. The third-order valence-electron chi connectivity index (χ3n) is 26.6. The fourth-order valence-corrected chi connectivity index (χ4v) is 22.7. The Bertz CT molecular complexity index is 2900. The molecule has 0 spiro atoms. The van der Waals surface area contributed by atoms with Crippen LogP contribution in [0.1, 0.15) is 184 Å². The molecule has 0 aromatic rings. The summed E-state index contributed by atoms with van der Waals surface area (Å²) in [7, 11) is 0. The molecule has 13 aliphatic rings. The molecule has 17 heteroatoms. The van der Waals surface area contributed by atoms with Gasteiger partial charge in [0, 0.05) is 59.2 Å². The molecule has 458 valence electrons. The first kappa shape index (κ1) is 61.5. The van der Waals surface area contributed by atoms with E-state index in [-0.39, 0.29) is 99.9 Å². The van der Waals surface area contributed by atoms with Gasteiger partial charge in [-0.25, -0.2) is 4.39 Å².